The van der Waals surface area contributed by atoms with Gasteiger partial charge in [-0.05, 0) is 36.4 Å². The van der Waals surface area contributed by atoms with Crippen LogP contribution in [0.5, 0.6) is 5.75 Å². The molecule has 0 amide bonds. The third-order valence-electron chi connectivity index (χ3n) is 3.63. The first-order valence-electron chi connectivity index (χ1n) is 7.12. The van der Waals surface area contributed by atoms with E-state index in [4.69, 9.17) is 0 Å². The van der Waals surface area contributed by atoms with Crippen LogP contribution in [0.1, 0.15) is 0 Å². The topological polar surface area (TPSA) is 50.9 Å². The second-order valence-electron chi connectivity index (χ2n) is 5.11. The van der Waals surface area contributed by atoms with Crippen LogP contribution in [-0.4, -0.2) is 19.6 Å². The monoisotopic (exact) mass is 369 g/mol. The maximum absolute atomic E-state index is 13.3. The minimum atomic E-state index is -0.494. The fraction of sp³-hybridized carbons (Fsp3) is 0. The number of phenolic OH excluding ortho intramolecular Hbond substituents is 1. The summed E-state index contributed by atoms with van der Waals surface area (Å²) >= 11 is 0. The molecule has 0 aliphatic carbocycles. The second-order valence-corrected chi connectivity index (χ2v) is 5.11. The van der Waals surface area contributed by atoms with E-state index in [0.29, 0.717) is 22.6 Å². The van der Waals surface area contributed by atoms with Crippen molar-refractivity contribution in [3.63, 3.8) is 0 Å². The summed E-state index contributed by atoms with van der Waals surface area (Å²) in [5.41, 5.74) is 2.70. The van der Waals surface area contributed by atoms with Gasteiger partial charge in [-0.25, -0.2) is 14.4 Å². The molecule has 0 aliphatic heterocycles. The van der Waals surface area contributed by atoms with Crippen molar-refractivity contribution in [3.8, 4) is 22.8 Å². The summed E-state index contributed by atoms with van der Waals surface area (Å²) in [6.45, 7) is 0. The molecule has 0 unspecified atom stereocenters. The fourth-order valence-corrected chi connectivity index (χ4v) is 2.61. The van der Waals surface area contributed by atoms with Gasteiger partial charge in [0.25, 0.3) is 0 Å². The Balaban J connectivity index is 0.00000169. The molecule has 2 heterocycles. The molecule has 4 rings (SSSR count). The molecule has 0 bridgehead atoms. The van der Waals surface area contributed by atoms with Crippen LogP contribution in [0.15, 0.2) is 66.9 Å². The molecule has 114 valence electrons. The van der Waals surface area contributed by atoms with E-state index in [1.807, 2.05) is 41.0 Å². The van der Waals surface area contributed by atoms with Gasteiger partial charge in [0.1, 0.15) is 17.1 Å². The molecule has 6 heteroatoms. The van der Waals surface area contributed by atoms with E-state index in [-0.39, 0.29) is 25.2 Å². The first-order chi connectivity index (χ1) is 11.2. The fourth-order valence-electron chi connectivity index (χ4n) is 2.61. The summed E-state index contributed by atoms with van der Waals surface area (Å²) in [5, 5.41) is 10.1. The summed E-state index contributed by atoms with van der Waals surface area (Å²) in [7, 11) is 0. The normalized spacial score (nSPS) is 10.5. The Hall–Kier alpha value is -2.59. The van der Waals surface area contributed by atoms with Crippen LogP contribution in [0.4, 0.5) is 4.39 Å². The van der Waals surface area contributed by atoms with Gasteiger partial charge in [-0.2, -0.15) is 0 Å². The number of phenols is 1. The zero-order valence-corrected chi connectivity index (χ0v) is 15.7. The molecule has 0 atom stereocenters. The number of aromatic nitrogens is 3. The molecule has 2 aromatic carbocycles. The van der Waals surface area contributed by atoms with Gasteiger partial charge in [0, 0.05) is 37.4 Å². The average Bonchev–Trinajstić information content (AvgIpc) is 2.94. The maximum Gasteiger partial charge on any atom is 0.164 e. The van der Waals surface area contributed by atoms with Gasteiger partial charge in [0.15, 0.2) is 11.5 Å². The van der Waals surface area contributed by atoms with Crippen molar-refractivity contribution >= 4 is 11.2 Å². The predicted molar refractivity (Wildman–Crippen MR) is 85.9 cm³/mol. The van der Waals surface area contributed by atoms with Crippen LogP contribution in [0.3, 0.4) is 0 Å². The Bertz CT molecular complexity index is 1000. The summed E-state index contributed by atoms with van der Waals surface area (Å²) in [4.78, 5) is 8.96. The number of imidazole rings is 1. The SMILES string of the molecule is Oc1cc(F)ccc1-c1nc2cccnc2n1-c1ccccc1.[Zn]. The Morgan fingerprint density at radius 1 is 0.958 bits per heavy atom. The van der Waals surface area contributed by atoms with Crippen LogP contribution in [0, 0.1) is 5.82 Å². The molecule has 24 heavy (non-hydrogen) atoms. The molecule has 0 saturated carbocycles. The molecule has 2 aromatic heterocycles. The van der Waals surface area contributed by atoms with Gasteiger partial charge in [0.05, 0.1) is 5.56 Å². The number of fused-ring (bicyclic) bond motifs is 1. The number of para-hydroxylation sites is 1. The first kappa shape index (κ1) is 16.3. The zero-order chi connectivity index (χ0) is 15.8. The number of benzene rings is 2. The number of rotatable bonds is 2. The minimum absolute atomic E-state index is 0. The molecule has 0 aliphatic rings. The van der Waals surface area contributed by atoms with E-state index < -0.39 is 5.82 Å². The van der Waals surface area contributed by atoms with Gasteiger partial charge in [0.2, 0.25) is 0 Å². The second kappa shape index (κ2) is 6.50. The van der Waals surface area contributed by atoms with E-state index in [1.54, 1.807) is 12.3 Å². The molecule has 0 spiro atoms. The molecule has 4 aromatic rings. The Morgan fingerprint density at radius 2 is 1.75 bits per heavy atom. The quantitative estimate of drug-likeness (QED) is 0.544. The number of nitrogens with zero attached hydrogens (tertiary/aromatic N) is 3. The van der Waals surface area contributed by atoms with E-state index >= 15 is 0 Å². The third-order valence-corrected chi connectivity index (χ3v) is 3.63. The van der Waals surface area contributed by atoms with Gasteiger partial charge in [-0.1, -0.05) is 18.2 Å². The van der Waals surface area contributed by atoms with Crippen LogP contribution < -0.4 is 0 Å². The van der Waals surface area contributed by atoms with Crippen molar-refractivity contribution in [1.82, 2.24) is 14.5 Å². The molecule has 0 saturated heterocycles. The van der Waals surface area contributed by atoms with E-state index in [1.165, 1.54) is 12.1 Å². The van der Waals surface area contributed by atoms with Crippen molar-refractivity contribution in [2.75, 3.05) is 0 Å². The first-order valence-corrected chi connectivity index (χ1v) is 7.12. The van der Waals surface area contributed by atoms with E-state index in [0.717, 1.165) is 11.8 Å². The van der Waals surface area contributed by atoms with Gasteiger partial charge in [-0.3, -0.25) is 4.57 Å². The van der Waals surface area contributed by atoms with Gasteiger partial charge in [-0.15, -0.1) is 0 Å². The number of pyridine rings is 1. The summed E-state index contributed by atoms with van der Waals surface area (Å²) in [6, 6.07) is 17.2. The number of halogens is 1. The van der Waals surface area contributed by atoms with Crippen LogP contribution in [0.2, 0.25) is 0 Å². The average molecular weight is 371 g/mol. The van der Waals surface area contributed by atoms with E-state index in [9.17, 15) is 9.50 Å². The predicted octanol–water partition coefficient (Wildman–Crippen LogP) is 3.93. The number of hydrogen-bond acceptors (Lipinski definition) is 3. The van der Waals surface area contributed by atoms with Crippen LogP contribution in [-0.2, 0) is 19.5 Å². The molecule has 0 radical (unpaired) electrons. The largest absolute Gasteiger partial charge is 0.507 e. The van der Waals surface area contributed by atoms with Crippen molar-refractivity contribution in [1.29, 1.82) is 0 Å². The van der Waals surface area contributed by atoms with Crippen molar-refractivity contribution < 1.29 is 29.0 Å². The van der Waals surface area contributed by atoms with Crippen molar-refractivity contribution in [3.05, 3.63) is 72.7 Å². The summed E-state index contributed by atoms with van der Waals surface area (Å²) in [6.07, 6.45) is 1.69. The van der Waals surface area contributed by atoms with Gasteiger partial charge >= 0.3 is 0 Å². The Labute approximate surface area is 150 Å². The van der Waals surface area contributed by atoms with Crippen molar-refractivity contribution in [2.24, 2.45) is 0 Å². The Morgan fingerprint density at radius 3 is 2.50 bits per heavy atom. The minimum Gasteiger partial charge on any atom is -0.507 e. The van der Waals surface area contributed by atoms with Crippen molar-refractivity contribution in [2.45, 2.75) is 0 Å². The van der Waals surface area contributed by atoms with Gasteiger partial charge < -0.3 is 5.11 Å². The summed E-state index contributed by atoms with van der Waals surface area (Å²) < 4.78 is 15.1. The molecular weight excluding hydrogens is 359 g/mol. The molecule has 4 nitrogen and oxygen atoms in total. The number of hydrogen-bond donors (Lipinski definition) is 1. The molecule has 1 N–H and O–H groups in total. The smallest absolute Gasteiger partial charge is 0.164 e. The maximum atomic E-state index is 13.3. The Kier molecular flexibility index (Phi) is 4.41. The molecular formula is C18H12FN3OZn. The molecule has 0 fully saturated rings. The zero-order valence-electron chi connectivity index (χ0n) is 12.7. The van der Waals surface area contributed by atoms with E-state index in [2.05, 4.69) is 9.97 Å². The van der Waals surface area contributed by atoms with Crippen LogP contribution in [0.25, 0.3) is 28.2 Å². The number of aromatic hydroxyl groups is 1. The summed E-state index contributed by atoms with van der Waals surface area (Å²) in [5.74, 6) is -0.133. The van der Waals surface area contributed by atoms with Crippen LogP contribution >= 0.6 is 0 Å². The standard InChI is InChI=1S/C18H12FN3O.Zn/c19-12-8-9-14(16(23)11-12)17-21-15-7-4-10-20-18(15)22(17)13-5-2-1-3-6-13;/h1-11,23H;. The third kappa shape index (κ3) is 2.70.